The van der Waals surface area contributed by atoms with Crippen molar-refractivity contribution >= 4 is 21.4 Å². The highest BCUT2D eigenvalue weighted by molar-refractivity contribution is 7.22. The predicted octanol–water partition coefficient (Wildman–Crippen LogP) is 6.45. The van der Waals surface area contributed by atoms with Gasteiger partial charge in [0.05, 0.1) is 0 Å². The molecule has 1 aromatic heterocycles. The highest BCUT2D eigenvalue weighted by Gasteiger charge is 2.22. The molecular weight excluding hydrogens is 542 g/mol. The molecule has 3 N–H and O–H groups in total. The minimum atomic E-state index is -0.767. The number of nitrogens with zero attached hydrogens (tertiary/aromatic N) is 2. The van der Waals surface area contributed by atoms with Crippen LogP contribution < -0.4 is 15.2 Å². The summed E-state index contributed by atoms with van der Waals surface area (Å²) in [5.74, 6) is 1.72. The number of piperidine rings is 1. The average molecular weight is 586 g/mol. The first-order chi connectivity index (χ1) is 20.7. The monoisotopic (exact) mass is 585 g/mol. The van der Waals surface area contributed by atoms with Crippen molar-refractivity contribution in [2.45, 2.75) is 44.8 Å². The summed E-state index contributed by atoms with van der Waals surface area (Å²) < 4.78 is 13.2. The average Bonchev–Trinajstić information content (AvgIpc) is 3.70. The number of aliphatic hydroxyl groups excluding tert-OH is 1. The van der Waals surface area contributed by atoms with Crippen LogP contribution in [0.25, 0.3) is 20.5 Å². The normalized spacial score (nSPS) is 17.1. The SMILES string of the molecule is NCc1ccc2c(C(O)c3ccc(OCCN4CCCCC4)cc3)c(-c3ccc(OCCN4CCCC4)cc3)sc2c1. The van der Waals surface area contributed by atoms with Crippen molar-refractivity contribution in [2.75, 3.05) is 52.5 Å². The smallest absolute Gasteiger partial charge is 0.119 e. The molecule has 0 spiro atoms. The van der Waals surface area contributed by atoms with E-state index >= 15 is 0 Å². The molecule has 1 atom stereocenters. The standard InChI is InChI=1S/C35H43N3O3S/c36-25-26-6-15-31-32(24-26)42-35(28-9-13-30(14-10-28)41-23-21-38-18-4-5-19-38)33(31)34(39)27-7-11-29(12-8-27)40-22-20-37-16-2-1-3-17-37/h6-15,24,34,39H,1-5,16-23,25,36H2. The van der Waals surface area contributed by atoms with Crippen molar-refractivity contribution in [3.63, 3.8) is 0 Å². The van der Waals surface area contributed by atoms with Crippen LogP contribution in [-0.2, 0) is 6.54 Å². The van der Waals surface area contributed by atoms with Crippen LogP contribution in [0.1, 0.15) is 54.9 Å². The molecule has 0 aliphatic carbocycles. The van der Waals surface area contributed by atoms with Crippen molar-refractivity contribution in [3.05, 3.63) is 83.4 Å². The summed E-state index contributed by atoms with van der Waals surface area (Å²) in [5.41, 5.74) is 9.90. The van der Waals surface area contributed by atoms with E-state index < -0.39 is 6.10 Å². The van der Waals surface area contributed by atoms with Crippen molar-refractivity contribution in [1.29, 1.82) is 0 Å². The molecule has 6 rings (SSSR count). The van der Waals surface area contributed by atoms with Crippen LogP contribution in [0.2, 0.25) is 0 Å². The van der Waals surface area contributed by atoms with Crippen LogP contribution in [0, 0.1) is 0 Å². The Morgan fingerprint density at radius 2 is 1.31 bits per heavy atom. The van der Waals surface area contributed by atoms with Crippen molar-refractivity contribution in [2.24, 2.45) is 5.73 Å². The Morgan fingerprint density at radius 1 is 0.738 bits per heavy atom. The molecule has 4 aromatic rings. The Balaban J connectivity index is 1.19. The number of hydrogen-bond acceptors (Lipinski definition) is 7. The van der Waals surface area contributed by atoms with Crippen molar-refractivity contribution in [1.82, 2.24) is 9.80 Å². The summed E-state index contributed by atoms with van der Waals surface area (Å²) in [7, 11) is 0. The van der Waals surface area contributed by atoms with E-state index in [4.69, 9.17) is 15.2 Å². The van der Waals surface area contributed by atoms with E-state index in [1.54, 1.807) is 11.3 Å². The fraction of sp³-hybridized carbons (Fsp3) is 0.429. The zero-order chi connectivity index (χ0) is 28.7. The van der Waals surface area contributed by atoms with E-state index in [2.05, 4.69) is 40.1 Å². The van der Waals surface area contributed by atoms with E-state index in [0.29, 0.717) is 19.8 Å². The molecule has 2 aliphatic heterocycles. The minimum Gasteiger partial charge on any atom is -0.492 e. The van der Waals surface area contributed by atoms with Gasteiger partial charge in [-0.2, -0.15) is 0 Å². The van der Waals surface area contributed by atoms with Crippen LogP contribution in [0.5, 0.6) is 11.5 Å². The molecule has 1 unspecified atom stereocenters. The van der Waals surface area contributed by atoms with E-state index in [0.717, 1.165) is 61.8 Å². The largest absolute Gasteiger partial charge is 0.492 e. The molecule has 7 heteroatoms. The number of aliphatic hydroxyl groups is 1. The highest BCUT2D eigenvalue weighted by Crippen LogP contribution is 2.44. The van der Waals surface area contributed by atoms with Gasteiger partial charge in [-0.15, -0.1) is 11.3 Å². The van der Waals surface area contributed by atoms with Gasteiger partial charge in [0.1, 0.15) is 30.8 Å². The number of nitrogens with two attached hydrogens (primary N) is 1. The number of ether oxygens (including phenoxy) is 2. The van der Waals surface area contributed by atoms with Crippen molar-refractivity contribution < 1.29 is 14.6 Å². The molecule has 0 bridgehead atoms. The first-order valence-electron chi connectivity index (χ1n) is 15.5. The Bertz CT molecular complexity index is 1420. The quantitative estimate of drug-likeness (QED) is 0.199. The number of rotatable bonds is 12. The second-order valence-electron chi connectivity index (χ2n) is 11.5. The van der Waals surface area contributed by atoms with Crippen molar-refractivity contribution in [3.8, 4) is 21.9 Å². The van der Waals surface area contributed by atoms with E-state index in [9.17, 15) is 5.11 Å². The highest BCUT2D eigenvalue weighted by atomic mass is 32.1. The fourth-order valence-corrected chi connectivity index (χ4v) is 7.47. The number of likely N-dealkylation sites (tertiary alicyclic amines) is 2. The number of thiophene rings is 1. The molecular formula is C35H43N3O3S. The third-order valence-corrected chi connectivity index (χ3v) is 9.83. The van der Waals surface area contributed by atoms with Crippen LogP contribution in [0.4, 0.5) is 0 Å². The molecule has 0 amide bonds. The summed E-state index contributed by atoms with van der Waals surface area (Å²) in [6, 6.07) is 22.5. The maximum absolute atomic E-state index is 11.8. The first-order valence-corrected chi connectivity index (χ1v) is 16.3. The maximum atomic E-state index is 11.8. The van der Waals surface area contributed by atoms with E-state index in [1.165, 1.54) is 58.3 Å². The van der Waals surface area contributed by atoms with E-state index in [1.807, 2.05) is 36.4 Å². The van der Waals surface area contributed by atoms with Gasteiger partial charge >= 0.3 is 0 Å². The predicted molar refractivity (Wildman–Crippen MR) is 173 cm³/mol. The Labute approximate surface area is 253 Å². The van der Waals surface area contributed by atoms with Gasteiger partial charge in [0, 0.05) is 34.8 Å². The lowest BCUT2D eigenvalue weighted by Gasteiger charge is -2.26. The lowest BCUT2D eigenvalue weighted by Crippen LogP contribution is -2.33. The van der Waals surface area contributed by atoms with Gasteiger partial charge in [0.25, 0.3) is 0 Å². The maximum Gasteiger partial charge on any atom is 0.119 e. The molecule has 2 aliphatic rings. The number of benzene rings is 3. The summed E-state index contributed by atoms with van der Waals surface area (Å²) in [6.45, 7) is 8.51. The molecule has 0 radical (unpaired) electrons. The molecule has 0 saturated carbocycles. The third kappa shape index (κ3) is 6.99. The van der Waals surface area contributed by atoms with Gasteiger partial charge in [-0.1, -0.05) is 30.7 Å². The topological polar surface area (TPSA) is 71.2 Å². The van der Waals surface area contributed by atoms with Gasteiger partial charge in [0.15, 0.2) is 0 Å². The van der Waals surface area contributed by atoms with Gasteiger partial charge < -0.3 is 20.3 Å². The Kier molecular flexibility index (Phi) is 9.73. The zero-order valence-electron chi connectivity index (χ0n) is 24.5. The lowest BCUT2D eigenvalue weighted by atomic mass is 9.95. The molecule has 222 valence electrons. The first kappa shape index (κ1) is 29.1. The summed E-state index contributed by atoms with van der Waals surface area (Å²) in [5, 5.41) is 12.8. The molecule has 3 aromatic carbocycles. The lowest BCUT2D eigenvalue weighted by molar-refractivity contribution is 0.183. The minimum absolute atomic E-state index is 0.490. The summed E-state index contributed by atoms with van der Waals surface area (Å²) in [6.07, 6.45) is 5.74. The summed E-state index contributed by atoms with van der Waals surface area (Å²) >= 11 is 1.71. The Morgan fingerprint density at radius 3 is 1.90 bits per heavy atom. The number of hydrogen-bond donors (Lipinski definition) is 2. The van der Waals surface area contributed by atoms with Crippen LogP contribution >= 0.6 is 11.3 Å². The van der Waals surface area contributed by atoms with Crippen LogP contribution in [0.3, 0.4) is 0 Å². The van der Waals surface area contributed by atoms with E-state index in [-0.39, 0.29) is 0 Å². The molecule has 42 heavy (non-hydrogen) atoms. The molecule has 2 saturated heterocycles. The Hall–Kier alpha value is -2.94. The van der Waals surface area contributed by atoms with Crippen LogP contribution in [0.15, 0.2) is 66.7 Å². The van der Waals surface area contributed by atoms with Gasteiger partial charge in [0.2, 0.25) is 0 Å². The molecule has 2 fully saturated rings. The summed E-state index contributed by atoms with van der Waals surface area (Å²) in [4.78, 5) is 6.01. The molecule has 3 heterocycles. The second kappa shape index (κ2) is 14.0. The van der Waals surface area contributed by atoms with Gasteiger partial charge in [-0.05, 0) is 116 Å². The zero-order valence-corrected chi connectivity index (χ0v) is 25.3. The third-order valence-electron chi connectivity index (χ3n) is 8.61. The molecule has 6 nitrogen and oxygen atoms in total. The fourth-order valence-electron chi connectivity index (χ4n) is 6.16. The van der Waals surface area contributed by atoms with Gasteiger partial charge in [-0.25, -0.2) is 0 Å². The number of fused-ring (bicyclic) bond motifs is 1. The van der Waals surface area contributed by atoms with Gasteiger partial charge in [-0.3, -0.25) is 9.80 Å². The second-order valence-corrected chi connectivity index (χ2v) is 12.6. The van der Waals surface area contributed by atoms with Crippen LogP contribution in [-0.4, -0.2) is 67.4 Å².